The second-order valence-corrected chi connectivity index (χ2v) is 5.06. The lowest BCUT2D eigenvalue weighted by Gasteiger charge is -2.17. The number of hydrogen-bond donors (Lipinski definition) is 2. The molecule has 0 aromatic heterocycles. The number of thioether (sulfide) groups is 1. The van der Waals surface area contributed by atoms with Crippen molar-refractivity contribution >= 4 is 35.0 Å². The van der Waals surface area contributed by atoms with E-state index >= 15 is 0 Å². The maximum atomic E-state index is 12.0. The van der Waals surface area contributed by atoms with Crippen LogP contribution in [0.5, 0.6) is 0 Å². The van der Waals surface area contributed by atoms with E-state index in [4.69, 9.17) is 17.3 Å². The van der Waals surface area contributed by atoms with E-state index in [-0.39, 0.29) is 11.9 Å². The Balaban J connectivity index is 2.82. The number of rotatable bonds is 5. The van der Waals surface area contributed by atoms with Crippen LogP contribution in [0.3, 0.4) is 0 Å². The molecule has 1 aromatic rings. The normalized spacial score (nSPS) is 12.2. The average molecular weight is 273 g/mol. The fraction of sp³-hybridized carbons (Fsp3) is 0.417. The van der Waals surface area contributed by atoms with Gasteiger partial charge in [-0.25, -0.2) is 0 Å². The number of anilines is 1. The number of carbonyl (C=O) groups excluding carboxylic acids is 1. The average Bonchev–Trinajstić information content (AvgIpc) is 2.28. The predicted molar refractivity (Wildman–Crippen MR) is 75.8 cm³/mol. The summed E-state index contributed by atoms with van der Waals surface area (Å²) in [6, 6.07) is 5.22. The van der Waals surface area contributed by atoms with Crippen LogP contribution in [0, 0.1) is 0 Å². The number of nitrogen functional groups attached to an aromatic ring is 1. The largest absolute Gasteiger partial charge is 0.398 e. The topological polar surface area (TPSA) is 55.1 Å². The van der Waals surface area contributed by atoms with Crippen LogP contribution in [-0.4, -0.2) is 24.0 Å². The first-order chi connectivity index (χ1) is 8.10. The lowest BCUT2D eigenvalue weighted by molar-refractivity contribution is 0.0941. The summed E-state index contributed by atoms with van der Waals surface area (Å²) in [7, 11) is 0. The Morgan fingerprint density at radius 1 is 1.59 bits per heavy atom. The Labute approximate surface area is 111 Å². The molecule has 0 bridgehead atoms. The molecule has 17 heavy (non-hydrogen) atoms. The first kappa shape index (κ1) is 14.2. The van der Waals surface area contributed by atoms with Gasteiger partial charge in [0.1, 0.15) is 0 Å². The number of halogens is 1. The molecule has 0 fully saturated rings. The van der Waals surface area contributed by atoms with Crippen molar-refractivity contribution in [3.63, 3.8) is 0 Å². The SMILES string of the molecule is CCC(CSC)NC(=O)c1c(N)cccc1Cl. The van der Waals surface area contributed by atoms with Crippen LogP contribution in [0.4, 0.5) is 5.69 Å². The molecule has 0 spiro atoms. The summed E-state index contributed by atoms with van der Waals surface area (Å²) in [4.78, 5) is 12.0. The molecular weight excluding hydrogens is 256 g/mol. The highest BCUT2D eigenvalue weighted by Crippen LogP contribution is 2.22. The second-order valence-electron chi connectivity index (χ2n) is 3.74. The van der Waals surface area contributed by atoms with E-state index in [0.29, 0.717) is 16.3 Å². The van der Waals surface area contributed by atoms with Crippen molar-refractivity contribution in [3.8, 4) is 0 Å². The maximum Gasteiger partial charge on any atom is 0.255 e. The minimum Gasteiger partial charge on any atom is -0.398 e. The molecule has 3 N–H and O–H groups in total. The zero-order chi connectivity index (χ0) is 12.8. The second kappa shape index (κ2) is 6.77. The molecule has 0 aliphatic carbocycles. The summed E-state index contributed by atoms with van der Waals surface area (Å²) in [5, 5.41) is 3.33. The maximum absolute atomic E-state index is 12.0. The molecule has 0 heterocycles. The van der Waals surface area contributed by atoms with Crippen LogP contribution in [0.2, 0.25) is 5.02 Å². The molecule has 94 valence electrons. The first-order valence-electron chi connectivity index (χ1n) is 5.44. The Bertz CT molecular complexity index is 378. The molecule has 1 unspecified atom stereocenters. The molecular formula is C12H17ClN2OS. The summed E-state index contributed by atoms with van der Waals surface area (Å²) >= 11 is 7.68. The van der Waals surface area contributed by atoms with E-state index in [2.05, 4.69) is 5.32 Å². The van der Waals surface area contributed by atoms with Crippen LogP contribution in [-0.2, 0) is 0 Å². The summed E-state index contributed by atoms with van der Waals surface area (Å²) in [6.07, 6.45) is 2.90. The Morgan fingerprint density at radius 3 is 2.82 bits per heavy atom. The number of hydrogen-bond acceptors (Lipinski definition) is 3. The third kappa shape index (κ3) is 3.82. The fourth-order valence-electron chi connectivity index (χ4n) is 1.50. The van der Waals surface area contributed by atoms with E-state index in [1.54, 1.807) is 30.0 Å². The van der Waals surface area contributed by atoms with Gasteiger partial charge >= 0.3 is 0 Å². The van der Waals surface area contributed by atoms with Crippen LogP contribution in [0.1, 0.15) is 23.7 Å². The van der Waals surface area contributed by atoms with E-state index in [0.717, 1.165) is 12.2 Å². The monoisotopic (exact) mass is 272 g/mol. The number of nitrogens with two attached hydrogens (primary N) is 1. The van der Waals surface area contributed by atoms with Crippen molar-refractivity contribution in [1.29, 1.82) is 0 Å². The lowest BCUT2D eigenvalue weighted by atomic mass is 10.1. The molecule has 1 rings (SSSR count). The zero-order valence-corrected chi connectivity index (χ0v) is 11.6. The molecule has 0 aliphatic heterocycles. The number of benzene rings is 1. The van der Waals surface area contributed by atoms with E-state index in [9.17, 15) is 4.79 Å². The van der Waals surface area contributed by atoms with Gasteiger partial charge in [0.15, 0.2) is 0 Å². The van der Waals surface area contributed by atoms with Crippen LogP contribution in [0.15, 0.2) is 18.2 Å². The van der Waals surface area contributed by atoms with E-state index < -0.39 is 0 Å². The van der Waals surface area contributed by atoms with E-state index in [1.807, 2.05) is 13.2 Å². The van der Waals surface area contributed by atoms with Crippen molar-refractivity contribution < 1.29 is 4.79 Å². The van der Waals surface area contributed by atoms with Crippen LogP contribution < -0.4 is 11.1 Å². The quantitative estimate of drug-likeness (QED) is 0.811. The van der Waals surface area contributed by atoms with Gasteiger partial charge in [0.05, 0.1) is 10.6 Å². The summed E-state index contributed by atoms with van der Waals surface area (Å²) in [5.41, 5.74) is 6.54. The number of carbonyl (C=O) groups is 1. The van der Waals surface area contributed by atoms with Gasteiger partial charge in [-0.3, -0.25) is 4.79 Å². The molecule has 3 nitrogen and oxygen atoms in total. The fourth-order valence-corrected chi connectivity index (χ4v) is 2.49. The Hall–Kier alpha value is -0.870. The molecule has 1 amide bonds. The van der Waals surface area contributed by atoms with Crippen molar-refractivity contribution in [2.75, 3.05) is 17.7 Å². The molecule has 1 aromatic carbocycles. The highest BCUT2D eigenvalue weighted by atomic mass is 35.5. The molecule has 0 radical (unpaired) electrons. The molecule has 1 atom stereocenters. The highest BCUT2D eigenvalue weighted by molar-refractivity contribution is 7.98. The third-order valence-electron chi connectivity index (χ3n) is 2.47. The number of nitrogens with one attached hydrogen (secondary N) is 1. The van der Waals surface area contributed by atoms with Crippen molar-refractivity contribution in [3.05, 3.63) is 28.8 Å². The van der Waals surface area contributed by atoms with Gasteiger partial charge in [0.2, 0.25) is 0 Å². The van der Waals surface area contributed by atoms with E-state index in [1.165, 1.54) is 0 Å². The predicted octanol–water partition coefficient (Wildman–Crippen LogP) is 2.79. The summed E-state index contributed by atoms with van der Waals surface area (Å²) < 4.78 is 0. The molecule has 0 aliphatic rings. The lowest BCUT2D eigenvalue weighted by Crippen LogP contribution is -2.36. The van der Waals surface area contributed by atoms with Gasteiger partial charge in [-0.1, -0.05) is 24.6 Å². The van der Waals surface area contributed by atoms with Crippen LogP contribution in [0.25, 0.3) is 0 Å². The first-order valence-corrected chi connectivity index (χ1v) is 7.21. The third-order valence-corrected chi connectivity index (χ3v) is 3.52. The van der Waals surface area contributed by atoms with Crippen molar-refractivity contribution in [2.24, 2.45) is 0 Å². The van der Waals surface area contributed by atoms with Gasteiger partial charge in [0, 0.05) is 17.5 Å². The minimum absolute atomic E-state index is 0.146. The molecule has 0 saturated carbocycles. The van der Waals surface area contributed by atoms with Crippen LogP contribution >= 0.6 is 23.4 Å². The van der Waals surface area contributed by atoms with Crippen molar-refractivity contribution in [2.45, 2.75) is 19.4 Å². The van der Waals surface area contributed by atoms with Crippen molar-refractivity contribution in [1.82, 2.24) is 5.32 Å². The van der Waals surface area contributed by atoms with Gasteiger partial charge in [0.25, 0.3) is 5.91 Å². The molecule has 0 saturated heterocycles. The molecule has 5 heteroatoms. The van der Waals surface area contributed by atoms with Gasteiger partial charge < -0.3 is 11.1 Å². The van der Waals surface area contributed by atoms with Gasteiger partial charge in [-0.2, -0.15) is 11.8 Å². The standard InChI is InChI=1S/C12H17ClN2OS/c1-3-8(7-17-2)15-12(16)11-9(13)5-4-6-10(11)14/h4-6,8H,3,7,14H2,1-2H3,(H,15,16). The Kier molecular flexibility index (Phi) is 5.65. The number of amides is 1. The highest BCUT2D eigenvalue weighted by Gasteiger charge is 2.16. The Morgan fingerprint density at radius 2 is 2.29 bits per heavy atom. The summed E-state index contributed by atoms with van der Waals surface area (Å²) in [5.74, 6) is 0.682. The van der Waals surface area contributed by atoms with Gasteiger partial charge in [-0.15, -0.1) is 0 Å². The zero-order valence-electron chi connectivity index (χ0n) is 10.00. The smallest absolute Gasteiger partial charge is 0.255 e. The van der Waals surface area contributed by atoms with Gasteiger partial charge in [-0.05, 0) is 24.8 Å². The summed E-state index contributed by atoms with van der Waals surface area (Å²) in [6.45, 7) is 2.04. The minimum atomic E-state index is -0.200.